The third kappa shape index (κ3) is 4.54. The Balaban J connectivity index is 0.00000180. The van der Waals surface area contributed by atoms with Crippen molar-refractivity contribution in [1.29, 1.82) is 0 Å². The van der Waals surface area contributed by atoms with E-state index in [-0.39, 0.29) is 30.0 Å². The summed E-state index contributed by atoms with van der Waals surface area (Å²) < 4.78 is 13.1. The van der Waals surface area contributed by atoms with E-state index in [1.165, 1.54) is 30.6 Å². The number of benzene rings is 1. The smallest absolute Gasteiger partial charge is 0.132 e. The van der Waals surface area contributed by atoms with Crippen molar-refractivity contribution in [2.45, 2.75) is 12.1 Å². The molecular weight excluding hydrogens is 328 g/mol. The molecule has 0 spiro atoms. The third-order valence-electron chi connectivity index (χ3n) is 2.53. The number of aliphatic hydroxyl groups is 1. The van der Waals surface area contributed by atoms with Gasteiger partial charge >= 0.3 is 0 Å². The maximum absolute atomic E-state index is 13.1. The van der Waals surface area contributed by atoms with E-state index < -0.39 is 18.0 Å². The molecule has 1 aromatic carbocycles. The van der Waals surface area contributed by atoms with E-state index in [0.29, 0.717) is 11.3 Å². The molecule has 1 heterocycles. The number of hydrogen-bond acceptors (Lipinski definition) is 4. The second-order valence-electron chi connectivity index (χ2n) is 3.79. The predicted octanol–water partition coefficient (Wildman–Crippen LogP) is 2.85. The predicted molar refractivity (Wildman–Crippen MR) is 79.8 cm³/mol. The minimum absolute atomic E-state index is 0. The first-order chi connectivity index (χ1) is 8.58. The normalized spacial score (nSPS) is 12.8. The lowest BCUT2D eigenvalue weighted by Gasteiger charge is -2.18. The molecular formula is C12H13Cl3FN3O. The molecule has 2 rings (SSSR count). The van der Waals surface area contributed by atoms with Crippen molar-refractivity contribution < 1.29 is 9.50 Å². The van der Waals surface area contributed by atoms with E-state index in [1.54, 1.807) is 6.07 Å². The van der Waals surface area contributed by atoms with Crippen LogP contribution in [0.5, 0.6) is 0 Å². The van der Waals surface area contributed by atoms with E-state index in [2.05, 4.69) is 9.97 Å². The summed E-state index contributed by atoms with van der Waals surface area (Å²) in [4.78, 5) is 7.66. The Labute approximate surface area is 133 Å². The van der Waals surface area contributed by atoms with E-state index in [0.717, 1.165) is 0 Å². The summed E-state index contributed by atoms with van der Waals surface area (Å²) in [6.45, 7) is 0. The first-order valence-electron chi connectivity index (χ1n) is 5.24. The number of aliphatic hydroxyl groups excluding tert-OH is 1. The van der Waals surface area contributed by atoms with Gasteiger partial charge in [-0.25, -0.2) is 14.4 Å². The molecule has 0 bridgehead atoms. The molecule has 0 aliphatic heterocycles. The van der Waals surface area contributed by atoms with Crippen LogP contribution in [0.3, 0.4) is 0 Å². The zero-order chi connectivity index (χ0) is 13.1. The van der Waals surface area contributed by atoms with Crippen molar-refractivity contribution in [3.05, 3.63) is 58.9 Å². The Morgan fingerprint density at radius 2 is 1.90 bits per heavy atom. The zero-order valence-corrected chi connectivity index (χ0v) is 12.5. The van der Waals surface area contributed by atoms with Gasteiger partial charge in [-0.2, -0.15) is 0 Å². The van der Waals surface area contributed by atoms with Gasteiger partial charge in [0.1, 0.15) is 17.3 Å². The number of aromatic nitrogens is 2. The van der Waals surface area contributed by atoms with E-state index in [9.17, 15) is 9.50 Å². The minimum atomic E-state index is -1.06. The second kappa shape index (κ2) is 8.34. The van der Waals surface area contributed by atoms with Gasteiger partial charge < -0.3 is 10.8 Å². The highest BCUT2D eigenvalue weighted by atomic mass is 35.5. The Morgan fingerprint density at radius 3 is 2.50 bits per heavy atom. The van der Waals surface area contributed by atoms with Crippen LogP contribution in [-0.4, -0.2) is 15.1 Å². The fourth-order valence-corrected chi connectivity index (χ4v) is 1.74. The summed E-state index contributed by atoms with van der Waals surface area (Å²) in [6.07, 6.45) is 0.196. The minimum Gasteiger partial charge on any atom is -0.386 e. The summed E-state index contributed by atoms with van der Waals surface area (Å²) in [5, 5.41) is 10.3. The molecule has 2 aromatic rings. The van der Waals surface area contributed by atoms with E-state index in [4.69, 9.17) is 17.3 Å². The van der Waals surface area contributed by atoms with Gasteiger partial charge in [0, 0.05) is 0 Å². The molecule has 0 saturated carbocycles. The zero-order valence-electron chi connectivity index (χ0n) is 10.1. The van der Waals surface area contributed by atoms with Crippen LogP contribution in [-0.2, 0) is 0 Å². The van der Waals surface area contributed by atoms with Gasteiger partial charge in [0.2, 0.25) is 0 Å². The van der Waals surface area contributed by atoms with Crippen LogP contribution in [0.15, 0.2) is 36.7 Å². The topological polar surface area (TPSA) is 72.0 Å². The van der Waals surface area contributed by atoms with E-state index >= 15 is 0 Å². The molecule has 0 fully saturated rings. The van der Waals surface area contributed by atoms with Crippen molar-refractivity contribution in [3.63, 3.8) is 0 Å². The van der Waals surface area contributed by atoms with Crippen LogP contribution in [0.1, 0.15) is 23.4 Å². The molecule has 20 heavy (non-hydrogen) atoms. The van der Waals surface area contributed by atoms with Crippen molar-refractivity contribution >= 4 is 36.4 Å². The van der Waals surface area contributed by atoms with Gasteiger partial charge in [0.05, 0.1) is 17.8 Å². The maximum Gasteiger partial charge on any atom is 0.132 e. The molecule has 0 radical (unpaired) electrons. The summed E-state index contributed by atoms with van der Waals surface area (Å²) in [5.41, 5.74) is 6.65. The standard InChI is InChI=1S/C12H11ClFN3O.2ClH/c13-10-5-9(16-6-17-10)11(15)12(18)7-2-1-3-8(14)4-7;;/h1-6,11-12,18H,15H2;2*1H/t11-,12-;;/m1../s1. The number of hydrogen-bond donors (Lipinski definition) is 2. The average molecular weight is 341 g/mol. The first kappa shape index (κ1) is 19.0. The molecule has 0 unspecified atom stereocenters. The number of nitrogens with two attached hydrogens (primary N) is 1. The highest BCUT2D eigenvalue weighted by molar-refractivity contribution is 6.29. The van der Waals surface area contributed by atoms with Gasteiger partial charge in [-0.3, -0.25) is 0 Å². The molecule has 8 heteroatoms. The molecule has 3 N–H and O–H groups in total. The highest BCUT2D eigenvalue weighted by Gasteiger charge is 2.20. The van der Waals surface area contributed by atoms with Crippen molar-refractivity contribution in [1.82, 2.24) is 9.97 Å². The Bertz CT molecular complexity index is 509. The van der Waals surface area contributed by atoms with Crippen LogP contribution in [0.4, 0.5) is 4.39 Å². The van der Waals surface area contributed by atoms with Crippen LogP contribution in [0.25, 0.3) is 0 Å². The molecule has 0 saturated heterocycles. The van der Waals surface area contributed by atoms with Crippen LogP contribution < -0.4 is 5.73 Å². The monoisotopic (exact) mass is 339 g/mol. The van der Waals surface area contributed by atoms with Crippen molar-refractivity contribution in [2.75, 3.05) is 0 Å². The Morgan fingerprint density at radius 1 is 1.20 bits per heavy atom. The molecule has 1 aromatic heterocycles. The van der Waals surface area contributed by atoms with Crippen molar-refractivity contribution in [2.24, 2.45) is 5.73 Å². The van der Waals surface area contributed by atoms with Crippen LogP contribution in [0.2, 0.25) is 5.15 Å². The first-order valence-corrected chi connectivity index (χ1v) is 5.62. The average Bonchev–Trinajstić information content (AvgIpc) is 2.37. The highest BCUT2D eigenvalue weighted by Crippen LogP contribution is 2.26. The fourth-order valence-electron chi connectivity index (χ4n) is 1.59. The lowest BCUT2D eigenvalue weighted by molar-refractivity contribution is 0.145. The van der Waals surface area contributed by atoms with Gasteiger partial charge in [-0.15, -0.1) is 24.8 Å². The number of halogens is 4. The van der Waals surface area contributed by atoms with Crippen LogP contribution >= 0.6 is 36.4 Å². The third-order valence-corrected chi connectivity index (χ3v) is 2.73. The van der Waals surface area contributed by atoms with Gasteiger partial charge in [-0.05, 0) is 23.8 Å². The quantitative estimate of drug-likeness (QED) is 0.843. The van der Waals surface area contributed by atoms with Gasteiger partial charge in [0.25, 0.3) is 0 Å². The molecule has 0 amide bonds. The largest absolute Gasteiger partial charge is 0.386 e. The van der Waals surface area contributed by atoms with E-state index in [1.807, 2.05) is 0 Å². The molecule has 0 aliphatic rings. The lowest BCUT2D eigenvalue weighted by Crippen LogP contribution is -2.21. The molecule has 0 aliphatic carbocycles. The van der Waals surface area contributed by atoms with Crippen molar-refractivity contribution in [3.8, 4) is 0 Å². The summed E-state index contributed by atoms with van der Waals surface area (Å²) >= 11 is 5.72. The second-order valence-corrected chi connectivity index (χ2v) is 4.18. The lowest BCUT2D eigenvalue weighted by atomic mass is 10.0. The molecule has 110 valence electrons. The fraction of sp³-hybridized carbons (Fsp3) is 0.167. The SMILES string of the molecule is Cl.Cl.N[C@H](c1cc(Cl)ncn1)[C@H](O)c1cccc(F)c1. The van der Waals surface area contributed by atoms with Gasteiger partial charge in [-0.1, -0.05) is 23.7 Å². The molecule has 2 atom stereocenters. The van der Waals surface area contributed by atoms with Crippen LogP contribution in [0, 0.1) is 5.82 Å². The van der Waals surface area contributed by atoms with Gasteiger partial charge in [0.15, 0.2) is 0 Å². The number of nitrogens with zero attached hydrogens (tertiary/aromatic N) is 2. The Hall–Kier alpha value is -0.980. The molecule has 4 nitrogen and oxygen atoms in total. The summed E-state index contributed by atoms with van der Waals surface area (Å²) in [7, 11) is 0. The summed E-state index contributed by atoms with van der Waals surface area (Å²) in [6, 6.07) is 6.29. The maximum atomic E-state index is 13.1. The number of rotatable bonds is 3. The Kier molecular flexibility index (Phi) is 7.93. The summed E-state index contributed by atoms with van der Waals surface area (Å²) in [5.74, 6) is -0.431.